The van der Waals surface area contributed by atoms with Crippen LogP contribution in [0.3, 0.4) is 0 Å². The number of hydrogen-bond acceptors (Lipinski definition) is 3. The molecule has 1 aromatic heterocycles. The molecule has 1 aromatic rings. The zero-order valence-electron chi connectivity index (χ0n) is 11.7. The van der Waals surface area contributed by atoms with Gasteiger partial charge in [0.15, 0.2) is 0 Å². The Morgan fingerprint density at radius 3 is 2.53 bits per heavy atom. The van der Waals surface area contributed by atoms with Crippen LogP contribution < -0.4 is 4.72 Å². The number of nitrogens with one attached hydrogen (secondary N) is 1. The van der Waals surface area contributed by atoms with E-state index in [-0.39, 0.29) is 10.9 Å². The average molecular weight is 285 g/mol. The topological polar surface area (TPSA) is 64.0 Å². The van der Waals surface area contributed by atoms with E-state index in [2.05, 4.69) is 16.7 Å². The van der Waals surface area contributed by atoms with Crippen molar-refractivity contribution >= 4 is 10.0 Å². The average Bonchev–Trinajstić information content (AvgIpc) is 2.89. The second-order valence-corrected chi connectivity index (χ2v) is 6.99. The largest absolute Gasteiger partial charge is 0.272 e. The van der Waals surface area contributed by atoms with Crippen LogP contribution in [0.5, 0.6) is 0 Å². The molecule has 0 unspecified atom stereocenters. The van der Waals surface area contributed by atoms with Crippen LogP contribution in [0.25, 0.3) is 0 Å². The van der Waals surface area contributed by atoms with Crippen molar-refractivity contribution in [2.75, 3.05) is 0 Å². The minimum Gasteiger partial charge on any atom is -0.272 e. The monoisotopic (exact) mass is 285 g/mol. The summed E-state index contributed by atoms with van der Waals surface area (Å²) in [5, 5.41) is 4.02. The third-order valence-electron chi connectivity index (χ3n) is 3.99. The predicted molar refractivity (Wildman–Crippen MR) is 74.3 cm³/mol. The maximum absolute atomic E-state index is 12.2. The molecule has 2 rings (SSSR count). The third-order valence-corrected chi connectivity index (χ3v) is 5.46. The van der Waals surface area contributed by atoms with Crippen molar-refractivity contribution in [3.8, 4) is 0 Å². The number of sulfonamides is 1. The number of rotatable bonds is 5. The molecule has 0 aromatic carbocycles. The second-order valence-electron chi connectivity index (χ2n) is 5.28. The third kappa shape index (κ3) is 3.57. The van der Waals surface area contributed by atoms with Crippen molar-refractivity contribution in [2.24, 2.45) is 5.92 Å². The number of nitrogens with zero attached hydrogens (tertiary/aromatic N) is 2. The van der Waals surface area contributed by atoms with Gasteiger partial charge < -0.3 is 0 Å². The first-order valence-electron chi connectivity index (χ1n) is 7.10. The molecule has 5 nitrogen and oxygen atoms in total. The van der Waals surface area contributed by atoms with Crippen molar-refractivity contribution in [1.29, 1.82) is 0 Å². The molecular weight excluding hydrogens is 262 g/mol. The van der Waals surface area contributed by atoms with Gasteiger partial charge in [0.05, 0.1) is 6.20 Å². The van der Waals surface area contributed by atoms with E-state index in [1.165, 1.54) is 12.6 Å². The van der Waals surface area contributed by atoms with Gasteiger partial charge in [-0.05, 0) is 38.5 Å². The fraction of sp³-hybridized carbons (Fsp3) is 0.769. The van der Waals surface area contributed by atoms with E-state index >= 15 is 0 Å². The van der Waals surface area contributed by atoms with E-state index < -0.39 is 10.0 Å². The van der Waals surface area contributed by atoms with Crippen LogP contribution in [-0.4, -0.2) is 24.2 Å². The molecule has 108 valence electrons. The zero-order valence-corrected chi connectivity index (χ0v) is 12.5. The highest BCUT2D eigenvalue weighted by molar-refractivity contribution is 7.89. The summed E-state index contributed by atoms with van der Waals surface area (Å²) in [4.78, 5) is 0.270. The molecule has 6 heteroatoms. The molecule has 1 heterocycles. The Kier molecular flexibility index (Phi) is 4.62. The van der Waals surface area contributed by atoms with Crippen molar-refractivity contribution < 1.29 is 8.42 Å². The highest BCUT2D eigenvalue weighted by Crippen LogP contribution is 2.27. The molecule has 1 aliphatic rings. The molecule has 0 saturated heterocycles. The lowest BCUT2D eigenvalue weighted by Gasteiger charge is -2.27. The number of hydrogen-bond donors (Lipinski definition) is 1. The lowest BCUT2D eigenvalue weighted by molar-refractivity contribution is 0.306. The molecule has 0 atom stereocenters. The van der Waals surface area contributed by atoms with Crippen LogP contribution in [0.1, 0.15) is 46.0 Å². The van der Waals surface area contributed by atoms with E-state index in [9.17, 15) is 8.42 Å². The summed E-state index contributed by atoms with van der Waals surface area (Å²) >= 11 is 0. The number of aryl methyl sites for hydroxylation is 1. The lowest BCUT2D eigenvalue weighted by atomic mass is 9.85. The quantitative estimate of drug-likeness (QED) is 0.901. The lowest BCUT2D eigenvalue weighted by Crippen LogP contribution is -2.37. The van der Waals surface area contributed by atoms with Gasteiger partial charge in [0, 0.05) is 18.8 Å². The number of aromatic nitrogens is 2. The Balaban J connectivity index is 1.98. The molecule has 19 heavy (non-hydrogen) atoms. The zero-order chi connectivity index (χ0) is 13.9. The van der Waals surface area contributed by atoms with Crippen LogP contribution in [0.15, 0.2) is 17.3 Å². The Hall–Kier alpha value is -0.880. The van der Waals surface area contributed by atoms with Crippen molar-refractivity contribution in [1.82, 2.24) is 14.5 Å². The van der Waals surface area contributed by atoms with E-state index in [1.807, 2.05) is 6.92 Å². The molecule has 0 bridgehead atoms. The molecule has 1 aliphatic carbocycles. The van der Waals surface area contributed by atoms with E-state index in [0.29, 0.717) is 6.54 Å². The summed E-state index contributed by atoms with van der Waals surface area (Å²) in [6, 6.07) is 0.0813. The van der Waals surface area contributed by atoms with Crippen LogP contribution in [-0.2, 0) is 16.6 Å². The molecule has 0 aliphatic heterocycles. The van der Waals surface area contributed by atoms with Gasteiger partial charge in [-0.15, -0.1) is 0 Å². The molecule has 1 saturated carbocycles. The molecule has 0 spiro atoms. The van der Waals surface area contributed by atoms with Gasteiger partial charge in [-0.3, -0.25) is 4.68 Å². The normalized spacial score (nSPS) is 24.5. The SMILES string of the molecule is CCC1CCC(NS(=O)(=O)c2cnn(CC)c2)CC1. The first-order chi connectivity index (χ1) is 9.05. The maximum atomic E-state index is 12.2. The van der Waals surface area contributed by atoms with Gasteiger partial charge in [-0.25, -0.2) is 13.1 Å². The van der Waals surface area contributed by atoms with Crippen LogP contribution in [0.4, 0.5) is 0 Å². The predicted octanol–water partition coefficient (Wildman–Crippen LogP) is 2.15. The van der Waals surface area contributed by atoms with Gasteiger partial charge in [0.1, 0.15) is 4.90 Å². The maximum Gasteiger partial charge on any atom is 0.243 e. The van der Waals surface area contributed by atoms with Crippen molar-refractivity contribution in [3.63, 3.8) is 0 Å². The Labute approximate surface area is 115 Å². The fourth-order valence-electron chi connectivity index (χ4n) is 2.63. The Bertz CT molecular complexity index is 502. The molecule has 1 fully saturated rings. The fourth-order valence-corrected chi connectivity index (χ4v) is 3.89. The van der Waals surface area contributed by atoms with Gasteiger partial charge in [0.2, 0.25) is 10.0 Å². The molecule has 0 radical (unpaired) electrons. The highest BCUT2D eigenvalue weighted by atomic mass is 32.2. The van der Waals surface area contributed by atoms with Crippen LogP contribution >= 0.6 is 0 Å². The van der Waals surface area contributed by atoms with Crippen LogP contribution in [0.2, 0.25) is 0 Å². The Morgan fingerprint density at radius 2 is 2.00 bits per heavy atom. The summed E-state index contributed by atoms with van der Waals surface area (Å²) in [5.41, 5.74) is 0. The minimum absolute atomic E-state index is 0.0813. The first kappa shape index (κ1) is 14.5. The van der Waals surface area contributed by atoms with E-state index in [1.54, 1.807) is 10.9 Å². The summed E-state index contributed by atoms with van der Waals surface area (Å²) in [6.07, 6.45) is 8.33. The molecule has 1 N–H and O–H groups in total. The van der Waals surface area contributed by atoms with Gasteiger partial charge >= 0.3 is 0 Å². The second kappa shape index (κ2) is 6.05. The van der Waals surface area contributed by atoms with E-state index in [4.69, 9.17) is 0 Å². The van der Waals surface area contributed by atoms with Crippen molar-refractivity contribution in [2.45, 2.75) is 63.4 Å². The highest BCUT2D eigenvalue weighted by Gasteiger charge is 2.25. The summed E-state index contributed by atoms with van der Waals surface area (Å²) < 4.78 is 28.9. The molecular formula is C13H23N3O2S. The first-order valence-corrected chi connectivity index (χ1v) is 8.58. The van der Waals surface area contributed by atoms with E-state index in [0.717, 1.165) is 31.6 Å². The molecule has 0 amide bonds. The standard InChI is InChI=1S/C13H23N3O2S/c1-3-11-5-7-12(8-6-11)15-19(17,18)13-9-14-16(4-2)10-13/h9-12,15H,3-8H2,1-2H3. The summed E-state index contributed by atoms with van der Waals surface area (Å²) in [7, 11) is -3.41. The van der Waals surface area contributed by atoms with Gasteiger partial charge in [0.25, 0.3) is 0 Å². The van der Waals surface area contributed by atoms with Gasteiger partial charge in [-0.1, -0.05) is 13.3 Å². The van der Waals surface area contributed by atoms with Crippen molar-refractivity contribution in [3.05, 3.63) is 12.4 Å². The summed E-state index contributed by atoms with van der Waals surface area (Å²) in [5.74, 6) is 0.767. The van der Waals surface area contributed by atoms with Crippen LogP contribution in [0, 0.1) is 5.92 Å². The smallest absolute Gasteiger partial charge is 0.243 e. The minimum atomic E-state index is -3.41. The Morgan fingerprint density at radius 1 is 1.32 bits per heavy atom. The van der Waals surface area contributed by atoms with Gasteiger partial charge in [-0.2, -0.15) is 5.10 Å². The summed E-state index contributed by atoms with van der Waals surface area (Å²) in [6.45, 7) is 4.81.